The van der Waals surface area contributed by atoms with Crippen LogP contribution in [0.3, 0.4) is 0 Å². The number of aryl methyl sites for hydroxylation is 2. The molecule has 2 rings (SSSR count). The van der Waals surface area contributed by atoms with Crippen LogP contribution in [0.5, 0.6) is 0 Å². The number of hydrogen-bond acceptors (Lipinski definition) is 3. The highest BCUT2D eigenvalue weighted by Crippen LogP contribution is 2.21. The lowest BCUT2D eigenvalue weighted by Crippen LogP contribution is -2.37. The predicted octanol–water partition coefficient (Wildman–Crippen LogP) is 2.86. The molecule has 2 N–H and O–H groups in total. The molecular formula is C16H19ClFN3O2. The highest BCUT2D eigenvalue weighted by molar-refractivity contribution is 6.33. The molecule has 0 saturated heterocycles. The van der Waals surface area contributed by atoms with Crippen LogP contribution in [0.4, 0.5) is 4.39 Å². The number of nitrogens with one attached hydrogen (secondary N) is 1. The van der Waals surface area contributed by atoms with Crippen LogP contribution in [0.25, 0.3) is 0 Å². The molecule has 0 radical (unpaired) electrons. The number of aliphatic hydroxyl groups is 1. The summed E-state index contributed by atoms with van der Waals surface area (Å²) in [5, 5.41) is 17.4. The quantitative estimate of drug-likeness (QED) is 0.880. The van der Waals surface area contributed by atoms with Gasteiger partial charge in [0.15, 0.2) is 0 Å². The summed E-state index contributed by atoms with van der Waals surface area (Å²) in [5.41, 5.74) is 1.34. The molecule has 0 aliphatic heterocycles. The first-order chi connectivity index (χ1) is 10.8. The predicted molar refractivity (Wildman–Crippen MR) is 85.9 cm³/mol. The lowest BCUT2D eigenvalue weighted by Gasteiger charge is -2.20. The van der Waals surface area contributed by atoms with Crippen LogP contribution in [0.1, 0.15) is 41.6 Å². The number of carbonyl (C=O) groups is 1. The van der Waals surface area contributed by atoms with E-state index in [0.717, 1.165) is 0 Å². The Hall–Kier alpha value is -1.92. The number of aromatic nitrogens is 2. The fraction of sp³-hybridized carbons (Fsp3) is 0.375. The molecule has 2 aromatic rings. The Kier molecular flexibility index (Phi) is 5.38. The number of hydrogen-bond donors (Lipinski definition) is 2. The van der Waals surface area contributed by atoms with Crippen molar-refractivity contribution < 1.29 is 14.3 Å². The molecule has 1 heterocycles. The summed E-state index contributed by atoms with van der Waals surface area (Å²) in [6, 6.07) is 4.92. The summed E-state index contributed by atoms with van der Waals surface area (Å²) in [4.78, 5) is 12.4. The van der Waals surface area contributed by atoms with Gasteiger partial charge in [-0.15, -0.1) is 0 Å². The molecule has 0 bridgehead atoms. The van der Waals surface area contributed by atoms with E-state index in [-0.39, 0.29) is 11.0 Å². The van der Waals surface area contributed by atoms with Gasteiger partial charge in [0.1, 0.15) is 11.0 Å². The molecular weight excluding hydrogens is 321 g/mol. The van der Waals surface area contributed by atoms with Crippen LogP contribution in [0, 0.1) is 12.7 Å². The molecule has 1 aromatic heterocycles. The maximum atomic E-state index is 12.9. The van der Waals surface area contributed by atoms with E-state index in [9.17, 15) is 14.3 Å². The third-order valence-electron chi connectivity index (χ3n) is 3.64. The fourth-order valence-electron chi connectivity index (χ4n) is 2.33. The van der Waals surface area contributed by atoms with Crippen LogP contribution in [0.15, 0.2) is 24.3 Å². The van der Waals surface area contributed by atoms with E-state index in [2.05, 4.69) is 10.4 Å². The topological polar surface area (TPSA) is 67.2 Å². The van der Waals surface area contributed by atoms with E-state index in [0.29, 0.717) is 23.4 Å². The summed E-state index contributed by atoms with van der Waals surface area (Å²) in [7, 11) is 0. The number of aliphatic hydroxyl groups excluding tert-OH is 1. The smallest absolute Gasteiger partial charge is 0.256 e. The third kappa shape index (κ3) is 3.71. The molecule has 124 valence electrons. The first kappa shape index (κ1) is 17.4. The highest BCUT2D eigenvalue weighted by Gasteiger charge is 2.24. The fourth-order valence-corrected chi connectivity index (χ4v) is 2.71. The van der Waals surface area contributed by atoms with Crippen LogP contribution < -0.4 is 5.32 Å². The van der Waals surface area contributed by atoms with Gasteiger partial charge in [0.2, 0.25) is 0 Å². The molecule has 0 spiro atoms. The van der Waals surface area contributed by atoms with Crippen molar-refractivity contribution >= 4 is 17.5 Å². The van der Waals surface area contributed by atoms with Crippen molar-refractivity contribution in [1.29, 1.82) is 0 Å². The van der Waals surface area contributed by atoms with Gasteiger partial charge in [-0.05, 0) is 38.5 Å². The van der Waals surface area contributed by atoms with Crippen molar-refractivity contribution in [1.82, 2.24) is 15.1 Å². The molecule has 2 unspecified atom stereocenters. The summed E-state index contributed by atoms with van der Waals surface area (Å²) in [6.45, 7) is 5.80. The lowest BCUT2D eigenvalue weighted by molar-refractivity contribution is 0.0851. The van der Waals surface area contributed by atoms with Crippen LogP contribution >= 0.6 is 11.6 Å². The van der Waals surface area contributed by atoms with E-state index >= 15 is 0 Å². The maximum absolute atomic E-state index is 12.9. The maximum Gasteiger partial charge on any atom is 0.256 e. The number of rotatable bonds is 5. The first-order valence-electron chi connectivity index (χ1n) is 7.32. The molecule has 2 atom stereocenters. The Balaban J connectivity index is 2.13. The minimum Gasteiger partial charge on any atom is -0.386 e. The second-order valence-electron chi connectivity index (χ2n) is 5.33. The third-order valence-corrected chi connectivity index (χ3v) is 4.02. The molecule has 1 amide bonds. The van der Waals surface area contributed by atoms with Gasteiger partial charge in [-0.25, -0.2) is 4.39 Å². The van der Waals surface area contributed by atoms with E-state index in [1.807, 2.05) is 6.92 Å². The number of halogens is 2. The molecule has 0 fully saturated rings. The SMILES string of the molecule is CCn1nc(C)c(C(=O)NC(C)C(O)c2ccc(F)cc2)c1Cl. The average molecular weight is 340 g/mol. The zero-order chi connectivity index (χ0) is 17.1. The molecule has 0 aliphatic carbocycles. The van der Waals surface area contributed by atoms with E-state index in [4.69, 9.17) is 11.6 Å². The minimum absolute atomic E-state index is 0.269. The van der Waals surface area contributed by atoms with Crippen LogP contribution in [-0.2, 0) is 6.54 Å². The number of benzene rings is 1. The normalized spacial score (nSPS) is 13.7. The van der Waals surface area contributed by atoms with Gasteiger partial charge in [-0.1, -0.05) is 23.7 Å². The number of amides is 1. The van der Waals surface area contributed by atoms with Crippen molar-refractivity contribution in [2.75, 3.05) is 0 Å². The van der Waals surface area contributed by atoms with Crippen molar-refractivity contribution in [3.63, 3.8) is 0 Å². The van der Waals surface area contributed by atoms with Gasteiger partial charge < -0.3 is 10.4 Å². The Morgan fingerprint density at radius 1 is 1.43 bits per heavy atom. The van der Waals surface area contributed by atoms with Gasteiger partial charge in [0.25, 0.3) is 5.91 Å². The standard InChI is InChI=1S/C16H19ClFN3O2/c1-4-21-15(17)13(9(2)20-21)16(23)19-10(3)14(22)11-5-7-12(18)8-6-11/h5-8,10,14,22H,4H2,1-3H3,(H,19,23). The monoisotopic (exact) mass is 339 g/mol. The molecule has 5 nitrogen and oxygen atoms in total. The zero-order valence-electron chi connectivity index (χ0n) is 13.2. The highest BCUT2D eigenvalue weighted by atomic mass is 35.5. The average Bonchev–Trinajstić information content (AvgIpc) is 2.81. The minimum atomic E-state index is -0.958. The molecule has 0 saturated carbocycles. The molecule has 23 heavy (non-hydrogen) atoms. The summed E-state index contributed by atoms with van der Waals surface area (Å²) in [5.74, 6) is -0.784. The summed E-state index contributed by atoms with van der Waals surface area (Å²) < 4.78 is 14.5. The second-order valence-corrected chi connectivity index (χ2v) is 5.68. The van der Waals surface area contributed by atoms with Gasteiger partial charge in [0, 0.05) is 6.54 Å². The number of carbonyl (C=O) groups excluding carboxylic acids is 1. The van der Waals surface area contributed by atoms with Crippen molar-refractivity contribution in [2.45, 2.75) is 39.5 Å². The van der Waals surface area contributed by atoms with Gasteiger partial charge in [0.05, 0.1) is 23.4 Å². The van der Waals surface area contributed by atoms with Crippen LogP contribution in [-0.4, -0.2) is 26.8 Å². The van der Waals surface area contributed by atoms with Gasteiger partial charge >= 0.3 is 0 Å². The summed E-state index contributed by atoms with van der Waals surface area (Å²) in [6.07, 6.45) is -0.958. The first-order valence-corrected chi connectivity index (χ1v) is 7.70. The largest absolute Gasteiger partial charge is 0.386 e. The zero-order valence-corrected chi connectivity index (χ0v) is 13.9. The lowest BCUT2D eigenvalue weighted by atomic mass is 10.0. The molecule has 7 heteroatoms. The summed E-state index contributed by atoms with van der Waals surface area (Å²) >= 11 is 6.16. The molecule has 0 aliphatic rings. The van der Waals surface area contributed by atoms with Crippen LogP contribution in [0.2, 0.25) is 5.15 Å². The van der Waals surface area contributed by atoms with Crippen molar-refractivity contribution in [3.8, 4) is 0 Å². The Bertz CT molecular complexity index is 700. The van der Waals surface area contributed by atoms with Crippen molar-refractivity contribution in [3.05, 3.63) is 52.1 Å². The van der Waals surface area contributed by atoms with Gasteiger partial charge in [-0.3, -0.25) is 9.48 Å². The molecule has 1 aromatic carbocycles. The Morgan fingerprint density at radius 2 is 2.04 bits per heavy atom. The second kappa shape index (κ2) is 7.10. The van der Waals surface area contributed by atoms with E-state index in [1.54, 1.807) is 13.8 Å². The Morgan fingerprint density at radius 3 is 2.57 bits per heavy atom. The van der Waals surface area contributed by atoms with Gasteiger partial charge in [-0.2, -0.15) is 5.10 Å². The van der Waals surface area contributed by atoms with Crippen molar-refractivity contribution in [2.24, 2.45) is 0 Å². The number of nitrogens with zero attached hydrogens (tertiary/aromatic N) is 2. The van der Waals surface area contributed by atoms with E-state index in [1.165, 1.54) is 28.9 Å². The van der Waals surface area contributed by atoms with E-state index < -0.39 is 18.1 Å². The Labute approximate surface area is 139 Å².